The van der Waals surface area contributed by atoms with E-state index in [1.54, 1.807) is 0 Å². The molecule has 0 bridgehead atoms. The van der Waals surface area contributed by atoms with Gasteiger partial charge in [-0.25, -0.2) is 0 Å². The zero-order valence-electron chi connectivity index (χ0n) is 12.0. The molecule has 0 radical (unpaired) electrons. The molecule has 1 aliphatic carbocycles. The molecule has 0 amide bonds. The Balaban J connectivity index is 2.79. The van der Waals surface area contributed by atoms with Crippen LogP contribution < -0.4 is 5.73 Å². The smallest absolute Gasteiger partial charge is 0.0363 e. The third kappa shape index (κ3) is 3.11. The maximum Gasteiger partial charge on any atom is 0.0363 e. The number of hydrogen-bond acceptors (Lipinski definition) is 2. The van der Waals surface area contributed by atoms with Crippen molar-refractivity contribution in [1.82, 2.24) is 4.90 Å². The highest BCUT2D eigenvalue weighted by Crippen LogP contribution is 2.39. The number of hydrogen-bond donors (Lipinski definition) is 1. The molecule has 100 valence electrons. The summed E-state index contributed by atoms with van der Waals surface area (Å²) in [6.07, 6.45) is 7.26. The van der Waals surface area contributed by atoms with E-state index >= 15 is 0 Å². The van der Waals surface area contributed by atoms with E-state index in [2.05, 4.69) is 32.3 Å². The fourth-order valence-corrected chi connectivity index (χ4v) is 3.41. The van der Waals surface area contributed by atoms with Gasteiger partial charge in [0.05, 0.1) is 0 Å². The molecule has 17 heavy (non-hydrogen) atoms. The summed E-state index contributed by atoms with van der Waals surface area (Å²) >= 11 is 0. The third-order valence-corrected chi connectivity index (χ3v) is 4.56. The Morgan fingerprint density at radius 2 is 1.76 bits per heavy atom. The summed E-state index contributed by atoms with van der Waals surface area (Å²) in [5, 5.41) is 0. The highest BCUT2D eigenvalue weighted by atomic mass is 15.2. The molecule has 0 saturated heterocycles. The predicted octanol–water partition coefficient (Wildman–Crippen LogP) is 3.32. The van der Waals surface area contributed by atoms with Crippen LogP contribution in [-0.4, -0.2) is 29.6 Å². The van der Waals surface area contributed by atoms with E-state index in [0.717, 1.165) is 25.9 Å². The largest absolute Gasteiger partial charge is 0.326 e. The van der Waals surface area contributed by atoms with Gasteiger partial charge in [-0.1, -0.05) is 45.8 Å². The average Bonchev–Trinajstić information content (AvgIpc) is 2.81. The van der Waals surface area contributed by atoms with Crippen LogP contribution in [0, 0.1) is 0 Å². The molecular formula is C15H30N2. The standard InChI is InChI=1S/C15H30N2/c1-5-13(4)12-14(16)15(10-8-9-11-15)17(6-2)7-3/h14H,4-12,16H2,1-3H3. The first-order valence-electron chi connectivity index (χ1n) is 7.28. The molecule has 1 saturated carbocycles. The van der Waals surface area contributed by atoms with Crippen LogP contribution in [0.1, 0.15) is 59.3 Å². The Kier molecular flexibility index (Phi) is 5.68. The zero-order valence-corrected chi connectivity index (χ0v) is 12.0. The van der Waals surface area contributed by atoms with E-state index in [1.165, 1.54) is 31.3 Å². The van der Waals surface area contributed by atoms with Crippen molar-refractivity contribution in [2.75, 3.05) is 13.1 Å². The second-order valence-corrected chi connectivity index (χ2v) is 5.40. The van der Waals surface area contributed by atoms with E-state index in [9.17, 15) is 0 Å². The average molecular weight is 238 g/mol. The fourth-order valence-electron chi connectivity index (χ4n) is 3.41. The van der Waals surface area contributed by atoms with E-state index in [4.69, 9.17) is 5.73 Å². The van der Waals surface area contributed by atoms with Crippen molar-refractivity contribution in [3.63, 3.8) is 0 Å². The quantitative estimate of drug-likeness (QED) is 0.689. The molecule has 2 nitrogen and oxygen atoms in total. The lowest BCUT2D eigenvalue weighted by Gasteiger charge is -2.45. The molecule has 1 fully saturated rings. The van der Waals surface area contributed by atoms with Gasteiger partial charge < -0.3 is 5.73 Å². The highest BCUT2D eigenvalue weighted by Gasteiger charge is 2.42. The van der Waals surface area contributed by atoms with Crippen LogP contribution in [0.25, 0.3) is 0 Å². The highest BCUT2D eigenvalue weighted by molar-refractivity contribution is 5.08. The summed E-state index contributed by atoms with van der Waals surface area (Å²) in [7, 11) is 0. The molecule has 2 N–H and O–H groups in total. The summed E-state index contributed by atoms with van der Waals surface area (Å²) in [5.74, 6) is 0. The molecule has 0 aromatic heterocycles. The maximum absolute atomic E-state index is 6.54. The first kappa shape index (κ1) is 14.7. The SMILES string of the molecule is C=C(CC)CC(N)C1(N(CC)CC)CCCC1. The Hall–Kier alpha value is -0.340. The van der Waals surface area contributed by atoms with Crippen molar-refractivity contribution in [2.45, 2.75) is 70.9 Å². The van der Waals surface area contributed by atoms with Crippen molar-refractivity contribution in [3.8, 4) is 0 Å². The van der Waals surface area contributed by atoms with Crippen LogP contribution in [0.15, 0.2) is 12.2 Å². The molecule has 1 unspecified atom stereocenters. The molecule has 0 spiro atoms. The second kappa shape index (κ2) is 6.55. The monoisotopic (exact) mass is 238 g/mol. The lowest BCUT2D eigenvalue weighted by molar-refractivity contribution is 0.0770. The van der Waals surface area contributed by atoms with Gasteiger partial charge in [0.25, 0.3) is 0 Å². The Morgan fingerprint density at radius 1 is 1.24 bits per heavy atom. The summed E-state index contributed by atoms with van der Waals surface area (Å²) in [6.45, 7) is 13.0. The van der Waals surface area contributed by atoms with Crippen molar-refractivity contribution in [3.05, 3.63) is 12.2 Å². The van der Waals surface area contributed by atoms with Crippen LogP contribution in [0.2, 0.25) is 0 Å². The molecule has 0 heterocycles. The zero-order chi connectivity index (χ0) is 12.9. The lowest BCUT2D eigenvalue weighted by atomic mass is 9.82. The van der Waals surface area contributed by atoms with Gasteiger partial charge in [-0.2, -0.15) is 0 Å². The van der Waals surface area contributed by atoms with Gasteiger partial charge in [0.1, 0.15) is 0 Å². The van der Waals surface area contributed by atoms with Crippen LogP contribution in [-0.2, 0) is 0 Å². The molecule has 1 rings (SSSR count). The van der Waals surface area contributed by atoms with Gasteiger partial charge in [0, 0.05) is 11.6 Å². The summed E-state index contributed by atoms with van der Waals surface area (Å²) in [4.78, 5) is 2.59. The van der Waals surface area contributed by atoms with Gasteiger partial charge in [-0.3, -0.25) is 4.90 Å². The number of nitrogens with zero attached hydrogens (tertiary/aromatic N) is 1. The molecule has 2 heteroatoms. The minimum Gasteiger partial charge on any atom is -0.326 e. The molecule has 0 aromatic rings. The Morgan fingerprint density at radius 3 is 2.18 bits per heavy atom. The molecule has 1 atom stereocenters. The molecule has 0 aromatic carbocycles. The second-order valence-electron chi connectivity index (χ2n) is 5.40. The lowest BCUT2D eigenvalue weighted by Crippen LogP contribution is -2.58. The Bertz CT molecular complexity index is 237. The summed E-state index contributed by atoms with van der Waals surface area (Å²) in [5.41, 5.74) is 8.09. The van der Waals surface area contributed by atoms with Crippen LogP contribution in [0.4, 0.5) is 0 Å². The van der Waals surface area contributed by atoms with Gasteiger partial charge in [-0.05, 0) is 38.8 Å². The third-order valence-electron chi connectivity index (χ3n) is 4.56. The number of likely N-dealkylation sites (N-methyl/N-ethyl adjacent to an activating group) is 1. The van der Waals surface area contributed by atoms with Gasteiger partial charge >= 0.3 is 0 Å². The predicted molar refractivity (Wildman–Crippen MR) is 76.1 cm³/mol. The first-order chi connectivity index (χ1) is 8.10. The van der Waals surface area contributed by atoms with E-state index < -0.39 is 0 Å². The first-order valence-corrected chi connectivity index (χ1v) is 7.28. The summed E-state index contributed by atoms with van der Waals surface area (Å²) in [6, 6.07) is 0.261. The van der Waals surface area contributed by atoms with Gasteiger partial charge in [-0.15, -0.1) is 0 Å². The normalized spacial score (nSPS) is 20.8. The van der Waals surface area contributed by atoms with E-state index in [0.29, 0.717) is 0 Å². The number of nitrogens with two attached hydrogens (primary N) is 1. The van der Waals surface area contributed by atoms with Crippen LogP contribution >= 0.6 is 0 Å². The van der Waals surface area contributed by atoms with E-state index in [1.807, 2.05) is 0 Å². The minimum absolute atomic E-state index is 0.252. The van der Waals surface area contributed by atoms with E-state index in [-0.39, 0.29) is 11.6 Å². The van der Waals surface area contributed by atoms with Gasteiger partial charge in [0.2, 0.25) is 0 Å². The van der Waals surface area contributed by atoms with Crippen molar-refractivity contribution in [1.29, 1.82) is 0 Å². The fraction of sp³-hybridized carbons (Fsp3) is 0.867. The molecule has 1 aliphatic rings. The van der Waals surface area contributed by atoms with Crippen molar-refractivity contribution < 1.29 is 0 Å². The maximum atomic E-state index is 6.54. The molecular weight excluding hydrogens is 208 g/mol. The topological polar surface area (TPSA) is 29.3 Å². The number of rotatable bonds is 7. The van der Waals surface area contributed by atoms with Crippen LogP contribution in [0.3, 0.4) is 0 Å². The van der Waals surface area contributed by atoms with Crippen LogP contribution in [0.5, 0.6) is 0 Å². The Labute approximate surface area is 107 Å². The molecule has 0 aliphatic heterocycles. The van der Waals surface area contributed by atoms with Gasteiger partial charge in [0.15, 0.2) is 0 Å². The van der Waals surface area contributed by atoms with Crippen molar-refractivity contribution >= 4 is 0 Å². The minimum atomic E-state index is 0.252. The summed E-state index contributed by atoms with van der Waals surface area (Å²) < 4.78 is 0. The van der Waals surface area contributed by atoms with Crippen molar-refractivity contribution in [2.24, 2.45) is 5.73 Å².